The van der Waals surface area contributed by atoms with E-state index in [1.165, 1.54) is 22.3 Å². The molecule has 2 heterocycles. The van der Waals surface area contributed by atoms with Gasteiger partial charge < -0.3 is 0 Å². The normalized spacial score (nSPS) is 13.2. The fraction of sp³-hybridized carbons (Fsp3) is 0.0682. The Morgan fingerprint density at radius 2 is 1.08 bits per heavy atom. The minimum atomic E-state index is -0.0738. The van der Waals surface area contributed by atoms with Gasteiger partial charge in [0.15, 0.2) is 17.5 Å². The van der Waals surface area contributed by atoms with Crippen LogP contribution in [0.25, 0.3) is 83.6 Å². The lowest BCUT2D eigenvalue weighted by atomic mass is 9.82. The van der Waals surface area contributed by atoms with Gasteiger partial charge in [0.25, 0.3) is 0 Å². The van der Waals surface area contributed by atoms with Crippen molar-refractivity contribution in [3.05, 3.63) is 157 Å². The number of aromatic nitrogens is 6. The zero-order valence-corrected chi connectivity index (χ0v) is 27.5. The van der Waals surface area contributed by atoms with Crippen LogP contribution in [0.5, 0.6) is 0 Å². The smallest absolute Gasteiger partial charge is 0.164 e. The van der Waals surface area contributed by atoms with Crippen LogP contribution >= 0.6 is 0 Å². The third-order valence-corrected chi connectivity index (χ3v) is 10.1. The Hall–Kier alpha value is -6.53. The molecule has 0 spiro atoms. The number of hydrogen-bond acceptors (Lipinski definition) is 5. The molecule has 2 aromatic heterocycles. The first-order valence-electron chi connectivity index (χ1n) is 16.9. The predicted molar refractivity (Wildman–Crippen MR) is 201 cm³/mol. The number of nitrogens with zero attached hydrogens (tertiary/aromatic N) is 6. The minimum absolute atomic E-state index is 0.0738. The molecule has 0 bridgehead atoms. The van der Waals surface area contributed by atoms with E-state index in [2.05, 4.69) is 92.7 Å². The summed E-state index contributed by atoms with van der Waals surface area (Å²) in [4.78, 5) is 17.0. The van der Waals surface area contributed by atoms with Crippen molar-refractivity contribution in [1.82, 2.24) is 29.9 Å². The second-order valence-electron chi connectivity index (χ2n) is 13.5. The molecule has 6 nitrogen and oxygen atoms in total. The van der Waals surface area contributed by atoms with Gasteiger partial charge in [-0.3, -0.25) is 0 Å². The minimum Gasteiger partial charge on any atom is -0.208 e. The van der Waals surface area contributed by atoms with Crippen molar-refractivity contribution in [3.8, 4) is 51.0 Å². The van der Waals surface area contributed by atoms with E-state index < -0.39 is 0 Å². The molecule has 0 N–H and O–H groups in total. The Balaban J connectivity index is 1.17. The quantitative estimate of drug-likeness (QED) is 0.179. The molecule has 0 saturated heterocycles. The molecule has 0 saturated carbocycles. The number of rotatable bonds is 4. The third kappa shape index (κ3) is 4.38. The second-order valence-corrected chi connectivity index (χ2v) is 13.5. The van der Waals surface area contributed by atoms with Gasteiger partial charge in [-0.25, -0.2) is 15.0 Å². The highest BCUT2D eigenvalue weighted by Crippen LogP contribution is 2.49. The van der Waals surface area contributed by atoms with Crippen LogP contribution in [0.1, 0.15) is 25.0 Å². The van der Waals surface area contributed by atoms with Gasteiger partial charge in [0.2, 0.25) is 0 Å². The van der Waals surface area contributed by atoms with Crippen molar-refractivity contribution >= 4 is 32.6 Å². The molecule has 0 fully saturated rings. The number of hydrogen-bond donors (Lipinski definition) is 0. The molecule has 1 aliphatic rings. The van der Waals surface area contributed by atoms with Crippen molar-refractivity contribution in [3.63, 3.8) is 0 Å². The first kappa shape index (κ1) is 28.5. The summed E-state index contributed by atoms with van der Waals surface area (Å²) in [6, 6.07) is 50.4. The summed E-state index contributed by atoms with van der Waals surface area (Å²) in [6.45, 7) is 4.59. The van der Waals surface area contributed by atoms with Crippen LogP contribution in [-0.4, -0.2) is 29.9 Å². The van der Waals surface area contributed by atoms with Crippen LogP contribution in [0, 0.1) is 0 Å². The van der Waals surface area contributed by atoms with Gasteiger partial charge in [0, 0.05) is 27.5 Å². The van der Waals surface area contributed by atoms with E-state index in [0.29, 0.717) is 17.5 Å². The first-order valence-corrected chi connectivity index (χ1v) is 16.9. The SMILES string of the molecule is CC1(C)c2ccccc2-c2cc(-c3nc(-c4ccccc4)nc(-c4ccc5ccc6ccc7nn(-c8ccccc8)nc7c6c5c4)n3)ccc21. The van der Waals surface area contributed by atoms with Gasteiger partial charge in [0.1, 0.15) is 11.0 Å². The van der Waals surface area contributed by atoms with Gasteiger partial charge in [0.05, 0.1) is 5.69 Å². The molecular weight excluding hydrogens is 613 g/mol. The zero-order valence-electron chi connectivity index (χ0n) is 27.5. The average molecular weight is 643 g/mol. The van der Waals surface area contributed by atoms with E-state index in [-0.39, 0.29) is 5.41 Å². The molecule has 7 aromatic carbocycles. The Morgan fingerprint density at radius 1 is 0.480 bits per heavy atom. The Kier molecular flexibility index (Phi) is 6.12. The van der Waals surface area contributed by atoms with Crippen molar-refractivity contribution in [2.75, 3.05) is 0 Å². The maximum atomic E-state index is 5.16. The maximum Gasteiger partial charge on any atom is 0.164 e. The fourth-order valence-electron chi connectivity index (χ4n) is 7.54. The monoisotopic (exact) mass is 642 g/mol. The lowest BCUT2D eigenvalue weighted by Crippen LogP contribution is -2.14. The molecule has 0 radical (unpaired) electrons. The summed E-state index contributed by atoms with van der Waals surface area (Å²) < 4.78 is 0. The summed E-state index contributed by atoms with van der Waals surface area (Å²) in [5.41, 5.74) is 10.5. The van der Waals surface area contributed by atoms with E-state index in [4.69, 9.17) is 25.1 Å². The maximum absolute atomic E-state index is 5.16. The molecule has 6 heteroatoms. The molecule has 0 aliphatic heterocycles. The predicted octanol–water partition coefficient (Wildman–Crippen LogP) is 10.2. The summed E-state index contributed by atoms with van der Waals surface area (Å²) in [5, 5.41) is 14.2. The van der Waals surface area contributed by atoms with E-state index in [1.54, 1.807) is 4.80 Å². The summed E-state index contributed by atoms with van der Waals surface area (Å²) in [5.74, 6) is 1.90. The number of fused-ring (bicyclic) bond motifs is 8. The van der Waals surface area contributed by atoms with E-state index in [1.807, 2.05) is 66.7 Å². The second kappa shape index (κ2) is 10.7. The van der Waals surface area contributed by atoms with Crippen molar-refractivity contribution in [2.24, 2.45) is 0 Å². The highest BCUT2D eigenvalue weighted by atomic mass is 15.5. The van der Waals surface area contributed by atoms with Crippen LogP contribution in [0.4, 0.5) is 0 Å². The van der Waals surface area contributed by atoms with Crippen LogP contribution < -0.4 is 0 Å². The highest BCUT2D eigenvalue weighted by molar-refractivity contribution is 6.18. The largest absolute Gasteiger partial charge is 0.208 e. The van der Waals surface area contributed by atoms with Gasteiger partial charge in [-0.15, -0.1) is 10.2 Å². The van der Waals surface area contributed by atoms with Gasteiger partial charge in [-0.2, -0.15) is 4.80 Å². The first-order chi connectivity index (χ1) is 24.5. The number of benzene rings is 7. The standard InChI is InChI=1S/C44H30N6/c1-44(2)36-16-10-9-15-33(36)35-26-31(21-23-37(35)44)43-46-41(29-11-5-3-6-12-29)45-42(47-43)30-20-18-27-17-19-28-22-24-38-40(39(28)34(27)25-30)49-50(48-38)32-13-7-4-8-14-32/h3-26H,1-2H3. The van der Waals surface area contributed by atoms with E-state index in [9.17, 15) is 0 Å². The highest BCUT2D eigenvalue weighted by Gasteiger charge is 2.35. The summed E-state index contributed by atoms with van der Waals surface area (Å²) >= 11 is 0. The Labute approximate surface area is 288 Å². The lowest BCUT2D eigenvalue weighted by molar-refractivity contribution is 0.660. The molecule has 0 unspecified atom stereocenters. The Bertz CT molecular complexity index is 2780. The third-order valence-electron chi connectivity index (χ3n) is 10.1. The zero-order chi connectivity index (χ0) is 33.4. The molecule has 236 valence electrons. The van der Waals surface area contributed by atoms with E-state index in [0.717, 1.165) is 55.0 Å². The summed E-state index contributed by atoms with van der Waals surface area (Å²) in [6.07, 6.45) is 0. The topological polar surface area (TPSA) is 69.4 Å². The van der Waals surface area contributed by atoms with Crippen molar-refractivity contribution < 1.29 is 0 Å². The van der Waals surface area contributed by atoms with Crippen LogP contribution in [0.15, 0.2) is 146 Å². The van der Waals surface area contributed by atoms with E-state index >= 15 is 0 Å². The molecular formula is C44H30N6. The number of para-hydroxylation sites is 1. The Morgan fingerprint density at radius 3 is 1.88 bits per heavy atom. The van der Waals surface area contributed by atoms with Crippen molar-refractivity contribution in [1.29, 1.82) is 0 Å². The molecule has 0 atom stereocenters. The van der Waals surface area contributed by atoms with Crippen LogP contribution in [0.2, 0.25) is 0 Å². The van der Waals surface area contributed by atoms with Crippen molar-refractivity contribution in [2.45, 2.75) is 19.3 Å². The van der Waals surface area contributed by atoms with Gasteiger partial charge >= 0.3 is 0 Å². The average Bonchev–Trinajstić information content (AvgIpc) is 3.71. The molecule has 1 aliphatic carbocycles. The molecule has 0 amide bonds. The van der Waals surface area contributed by atoms with Crippen LogP contribution in [-0.2, 0) is 5.41 Å². The lowest BCUT2D eigenvalue weighted by Gasteiger charge is -2.21. The van der Waals surface area contributed by atoms with Gasteiger partial charge in [-0.1, -0.05) is 129 Å². The molecule has 10 rings (SSSR count). The van der Waals surface area contributed by atoms with Crippen LogP contribution in [0.3, 0.4) is 0 Å². The van der Waals surface area contributed by atoms with Gasteiger partial charge in [-0.05, 0) is 68.7 Å². The summed E-state index contributed by atoms with van der Waals surface area (Å²) in [7, 11) is 0. The molecule has 50 heavy (non-hydrogen) atoms. The fourth-order valence-corrected chi connectivity index (χ4v) is 7.54. The molecule has 9 aromatic rings.